The minimum absolute atomic E-state index is 0.549. The Kier molecular flexibility index (Phi) is 5.69. The summed E-state index contributed by atoms with van der Waals surface area (Å²) in [4.78, 5) is 0. The lowest BCUT2D eigenvalue weighted by molar-refractivity contribution is 0.404. The second-order valence-corrected chi connectivity index (χ2v) is 4.73. The van der Waals surface area contributed by atoms with Gasteiger partial charge in [0.15, 0.2) is 0 Å². The summed E-state index contributed by atoms with van der Waals surface area (Å²) in [6.07, 6.45) is 3.52. The van der Waals surface area contributed by atoms with E-state index in [1.807, 2.05) is 0 Å². The van der Waals surface area contributed by atoms with Gasteiger partial charge in [0.05, 0.1) is 12.2 Å². The lowest BCUT2D eigenvalue weighted by Crippen LogP contribution is -2.33. The van der Waals surface area contributed by atoms with Crippen LogP contribution >= 0.6 is 0 Å². The van der Waals surface area contributed by atoms with Crippen molar-refractivity contribution in [1.82, 2.24) is 15.1 Å². The van der Waals surface area contributed by atoms with Crippen molar-refractivity contribution >= 4 is 0 Å². The molecule has 1 rings (SSSR count). The van der Waals surface area contributed by atoms with E-state index in [0.29, 0.717) is 6.04 Å². The third kappa shape index (κ3) is 3.56. The molecule has 0 aromatic carbocycles. The molecule has 0 spiro atoms. The minimum Gasteiger partial charge on any atom is -0.312 e. The zero-order valence-corrected chi connectivity index (χ0v) is 12.0. The molecular weight excluding hydrogens is 210 g/mol. The third-order valence-corrected chi connectivity index (χ3v) is 3.41. The van der Waals surface area contributed by atoms with E-state index in [0.717, 1.165) is 19.5 Å². The average molecular weight is 237 g/mol. The first-order chi connectivity index (χ1) is 8.13. The zero-order chi connectivity index (χ0) is 12.8. The van der Waals surface area contributed by atoms with Gasteiger partial charge in [-0.15, -0.1) is 0 Å². The molecule has 1 N–H and O–H groups in total. The van der Waals surface area contributed by atoms with E-state index < -0.39 is 0 Å². The molecule has 17 heavy (non-hydrogen) atoms. The number of nitrogens with zero attached hydrogens (tertiary/aromatic N) is 2. The quantitative estimate of drug-likeness (QED) is 0.790. The summed E-state index contributed by atoms with van der Waals surface area (Å²) >= 11 is 0. The molecule has 1 unspecified atom stereocenters. The number of rotatable bonds is 7. The van der Waals surface area contributed by atoms with Crippen LogP contribution in [-0.2, 0) is 13.0 Å². The van der Waals surface area contributed by atoms with E-state index in [1.54, 1.807) is 0 Å². The number of likely N-dealkylation sites (N-methyl/N-ethyl adjacent to an activating group) is 1. The van der Waals surface area contributed by atoms with Crippen molar-refractivity contribution in [3.05, 3.63) is 17.0 Å². The Bertz CT molecular complexity index is 335. The Morgan fingerprint density at radius 3 is 2.41 bits per heavy atom. The molecule has 0 radical (unpaired) electrons. The van der Waals surface area contributed by atoms with Crippen LogP contribution in [0.1, 0.15) is 50.6 Å². The van der Waals surface area contributed by atoms with Crippen molar-refractivity contribution in [3.8, 4) is 0 Å². The van der Waals surface area contributed by atoms with E-state index in [1.165, 1.54) is 29.8 Å². The number of hydrogen-bond acceptors (Lipinski definition) is 2. The molecule has 0 aliphatic rings. The van der Waals surface area contributed by atoms with Crippen LogP contribution in [0.2, 0.25) is 0 Å². The number of nitrogens with one attached hydrogen (secondary N) is 1. The molecule has 1 aromatic rings. The topological polar surface area (TPSA) is 29.9 Å². The van der Waals surface area contributed by atoms with Gasteiger partial charge >= 0.3 is 0 Å². The largest absolute Gasteiger partial charge is 0.312 e. The molecule has 1 atom stereocenters. The van der Waals surface area contributed by atoms with Gasteiger partial charge in [0, 0.05) is 11.7 Å². The Balaban J connectivity index is 2.78. The molecule has 98 valence electrons. The van der Waals surface area contributed by atoms with Crippen molar-refractivity contribution < 1.29 is 0 Å². The SMILES string of the molecule is CCCC(Cn1nc(C)c(CC)c1C)NCC. The van der Waals surface area contributed by atoms with Crippen LogP contribution in [0.3, 0.4) is 0 Å². The first-order valence-corrected chi connectivity index (χ1v) is 6.90. The summed E-state index contributed by atoms with van der Waals surface area (Å²) in [6.45, 7) is 12.9. The molecule has 0 bridgehead atoms. The Labute approximate surface area is 106 Å². The van der Waals surface area contributed by atoms with Gasteiger partial charge in [-0.05, 0) is 38.8 Å². The Morgan fingerprint density at radius 1 is 1.24 bits per heavy atom. The predicted octanol–water partition coefficient (Wildman–Crippen LogP) is 2.84. The monoisotopic (exact) mass is 237 g/mol. The standard InChI is InChI=1S/C14H27N3/c1-6-9-13(15-8-3)10-17-12(5)14(7-2)11(4)16-17/h13,15H,6-10H2,1-5H3. The van der Waals surface area contributed by atoms with Gasteiger partial charge in [-0.1, -0.05) is 27.2 Å². The van der Waals surface area contributed by atoms with Crippen LogP contribution in [0, 0.1) is 13.8 Å². The highest BCUT2D eigenvalue weighted by Gasteiger charge is 2.13. The van der Waals surface area contributed by atoms with E-state index >= 15 is 0 Å². The fourth-order valence-electron chi connectivity index (χ4n) is 2.53. The zero-order valence-electron chi connectivity index (χ0n) is 12.0. The molecule has 0 aliphatic carbocycles. The van der Waals surface area contributed by atoms with E-state index in [4.69, 9.17) is 0 Å². The molecule has 1 heterocycles. The summed E-state index contributed by atoms with van der Waals surface area (Å²) in [5, 5.41) is 8.21. The molecule has 1 aromatic heterocycles. The van der Waals surface area contributed by atoms with E-state index in [2.05, 4.69) is 49.7 Å². The van der Waals surface area contributed by atoms with Gasteiger partial charge in [-0.25, -0.2) is 0 Å². The van der Waals surface area contributed by atoms with E-state index in [-0.39, 0.29) is 0 Å². The summed E-state index contributed by atoms with van der Waals surface area (Å²) in [7, 11) is 0. The van der Waals surface area contributed by atoms with Gasteiger partial charge in [0.25, 0.3) is 0 Å². The fraction of sp³-hybridized carbons (Fsp3) is 0.786. The maximum absolute atomic E-state index is 4.66. The van der Waals surface area contributed by atoms with Crippen LogP contribution in [0.25, 0.3) is 0 Å². The smallest absolute Gasteiger partial charge is 0.0628 e. The van der Waals surface area contributed by atoms with Crippen molar-refractivity contribution in [2.75, 3.05) is 6.54 Å². The lowest BCUT2D eigenvalue weighted by atomic mass is 10.1. The molecule has 3 nitrogen and oxygen atoms in total. The first-order valence-electron chi connectivity index (χ1n) is 6.90. The normalized spacial score (nSPS) is 13.0. The summed E-state index contributed by atoms with van der Waals surface area (Å²) in [5.74, 6) is 0. The number of aryl methyl sites for hydroxylation is 1. The van der Waals surface area contributed by atoms with Gasteiger partial charge in [-0.3, -0.25) is 4.68 Å². The van der Waals surface area contributed by atoms with Crippen LogP contribution in [0.5, 0.6) is 0 Å². The second kappa shape index (κ2) is 6.80. The van der Waals surface area contributed by atoms with Crippen LogP contribution < -0.4 is 5.32 Å². The van der Waals surface area contributed by atoms with Gasteiger partial charge in [0.1, 0.15) is 0 Å². The lowest BCUT2D eigenvalue weighted by Gasteiger charge is -2.18. The third-order valence-electron chi connectivity index (χ3n) is 3.41. The summed E-state index contributed by atoms with van der Waals surface area (Å²) < 4.78 is 2.18. The average Bonchev–Trinajstić information content (AvgIpc) is 2.54. The Hall–Kier alpha value is -0.830. The predicted molar refractivity (Wildman–Crippen MR) is 73.5 cm³/mol. The highest BCUT2D eigenvalue weighted by atomic mass is 15.3. The first kappa shape index (κ1) is 14.2. The van der Waals surface area contributed by atoms with Crippen molar-refractivity contribution in [3.63, 3.8) is 0 Å². The number of hydrogen-bond donors (Lipinski definition) is 1. The molecule has 0 fully saturated rings. The summed E-state index contributed by atoms with van der Waals surface area (Å²) in [5.41, 5.74) is 3.94. The van der Waals surface area contributed by atoms with Crippen molar-refractivity contribution in [2.45, 2.75) is 66.5 Å². The van der Waals surface area contributed by atoms with Crippen molar-refractivity contribution in [2.24, 2.45) is 0 Å². The van der Waals surface area contributed by atoms with Crippen LogP contribution in [-0.4, -0.2) is 22.4 Å². The maximum Gasteiger partial charge on any atom is 0.0628 e. The van der Waals surface area contributed by atoms with Crippen LogP contribution in [0.15, 0.2) is 0 Å². The van der Waals surface area contributed by atoms with Gasteiger partial charge in [0.2, 0.25) is 0 Å². The Morgan fingerprint density at radius 2 is 1.94 bits per heavy atom. The van der Waals surface area contributed by atoms with Crippen molar-refractivity contribution in [1.29, 1.82) is 0 Å². The number of aromatic nitrogens is 2. The highest BCUT2D eigenvalue weighted by Crippen LogP contribution is 2.14. The molecule has 3 heteroatoms. The molecule has 0 aliphatic heterocycles. The van der Waals surface area contributed by atoms with Gasteiger partial charge < -0.3 is 5.32 Å². The van der Waals surface area contributed by atoms with Crippen LogP contribution in [0.4, 0.5) is 0 Å². The maximum atomic E-state index is 4.66. The molecular formula is C14H27N3. The molecule has 0 saturated carbocycles. The fourth-order valence-corrected chi connectivity index (χ4v) is 2.53. The molecule has 0 amide bonds. The highest BCUT2D eigenvalue weighted by molar-refractivity contribution is 5.24. The van der Waals surface area contributed by atoms with Gasteiger partial charge in [-0.2, -0.15) is 5.10 Å². The molecule has 0 saturated heterocycles. The van der Waals surface area contributed by atoms with E-state index in [9.17, 15) is 0 Å². The minimum atomic E-state index is 0.549. The summed E-state index contributed by atoms with van der Waals surface area (Å²) in [6, 6.07) is 0.549. The second-order valence-electron chi connectivity index (χ2n) is 4.73.